The molecule has 2 aromatic heterocycles. The summed E-state index contributed by atoms with van der Waals surface area (Å²) in [6.07, 6.45) is 3.16. The molecule has 1 atom stereocenters. The second kappa shape index (κ2) is 6.31. The van der Waals surface area contributed by atoms with E-state index in [1.165, 1.54) is 15.7 Å². The van der Waals surface area contributed by atoms with Crippen LogP contribution >= 0.6 is 0 Å². The molecule has 3 heterocycles. The number of hydrogen-bond acceptors (Lipinski definition) is 5. The molecular formula is C19H18N4O3S. The van der Waals surface area contributed by atoms with Gasteiger partial charge in [0.25, 0.3) is 5.56 Å². The van der Waals surface area contributed by atoms with E-state index in [-0.39, 0.29) is 11.3 Å². The maximum Gasteiger partial charge on any atom is 0.258 e. The highest BCUT2D eigenvalue weighted by atomic mass is 32.2. The minimum absolute atomic E-state index is 0.0438. The molecule has 0 bridgehead atoms. The van der Waals surface area contributed by atoms with Crippen LogP contribution < -0.4 is 5.56 Å². The predicted octanol–water partition coefficient (Wildman–Crippen LogP) is 2.40. The number of hydrogen-bond donors (Lipinski definition) is 1. The van der Waals surface area contributed by atoms with Crippen LogP contribution in [0.1, 0.15) is 17.2 Å². The van der Waals surface area contributed by atoms with E-state index in [0.29, 0.717) is 11.3 Å². The Bertz CT molecular complexity index is 1220. The van der Waals surface area contributed by atoms with Crippen molar-refractivity contribution in [2.75, 3.05) is 5.75 Å². The topological polar surface area (TPSA) is 97.7 Å². The fourth-order valence-corrected chi connectivity index (χ4v) is 4.31. The van der Waals surface area contributed by atoms with Crippen molar-refractivity contribution in [2.45, 2.75) is 19.9 Å². The minimum atomic E-state index is -3.19. The molecule has 0 spiro atoms. The third-order valence-electron chi connectivity index (χ3n) is 4.76. The summed E-state index contributed by atoms with van der Waals surface area (Å²) in [7, 11) is -3.19. The van der Waals surface area contributed by atoms with Crippen LogP contribution in [0, 0.1) is 13.8 Å². The molecule has 1 N–H and O–H groups in total. The van der Waals surface area contributed by atoms with Crippen molar-refractivity contribution in [3.8, 4) is 22.5 Å². The zero-order valence-electron chi connectivity index (χ0n) is 14.9. The van der Waals surface area contributed by atoms with E-state index in [2.05, 4.69) is 15.3 Å². The molecule has 0 radical (unpaired) electrons. The number of aryl methyl sites for hydroxylation is 2. The van der Waals surface area contributed by atoms with Gasteiger partial charge >= 0.3 is 0 Å². The van der Waals surface area contributed by atoms with E-state index < -0.39 is 15.9 Å². The van der Waals surface area contributed by atoms with Crippen LogP contribution in [0.2, 0.25) is 0 Å². The molecule has 1 aliphatic heterocycles. The number of nitrogens with zero attached hydrogens (tertiary/aromatic N) is 3. The predicted molar refractivity (Wildman–Crippen MR) is 103 cm³/mol. The molecule has 8 heteroatoms. The zero-order valence-corrected chi connectivity index (χ0v) is 15.7. The van der Waals surface area contributed by atoms with Crippen LogP contribution in [0.25, 0.3) is 22.5 Å². The lowest BCUT2D eigenvalue weighted by atomic mass is 10.0. The van der Waals surface area contributed by atoms with Gasteiger partial charge in [-0.25, -0.2) is 13.1 Å². The van der Waals surface area contributed by atoms with Crippen molar-refractivity contribution in [1.82, 2.24) is 20.0 Å². The van der Waals surface area contributed by atoms with Gasteiger partial charge in [-0.2, -0.15) is 0 Å². The maximum absolute atomic E-state index is 12.6. The van der Waals surface area contributed by atoms with Crippen LogP contribution in [-0.2, 0) is 9.84 Å². The lowest BCUT2D eigenvalue weighted by Gasteiger charge is -2.06. The molecular weight excluding hydrogens is 364 g/mol. The number of H-pyrrole nitrogens is 1. The van der Waals surface area contributed by atoms with Gasteiger partial charge in [0.1, 0.15) is 5.69 Å². The highest BCUT2D eigenvalue weighted by Crippen LogP contribution is 2.23. The summed E-state index contributed by atoms with van der Waals surface area (Å²) in [5, 5.41) is 9.20. The number of aromatic amines is 1. The Balaban J connectivity index is 1.65. The molecule has 1 aliphatic rings. The van der Waals surface area contributed by atoms with Gasteiger partial charge < -0.3 is 4.98 Å². The van der Waals surface area contributed by atoms with E-state index in [1.807, 2.05) is 38.1 Å². The van der Waals surface area contributed by atoms with Gasteiger partial charge in [-0.1, -0.05) is 17.3 Å². The smallest absolute Gasteiger partial charge is 0.258 e. The molecule has 27 heavy (non-hydrogen) atoms. The SMILES string of the molecule is Cc1ccc(-c2ccc(-c3cn([C@H]4C=CS(=O)(=O)C4)nn3)c(=O)[nH]2)cc1C. The fourth-order valence-electron chi connectivity index (χ4n) is 3.04. The van der Waals surface area contributed by atoms with Gasteiger partial charge in [-0.3, -0.25) is 4.79 Å². The van der Waals surface area contributed by atoms with Crippen LogP contribution in [0.4, 0.5) is 0 Å². The number of aromatic nitrogens is 4. The Kier molecular flexibility index (Phi) is 4.07. The van der Waals surface area contributed by atoms with Crippen molar-refractivity contribution >= 4 is 9.84 Å². The van der Waals surface area contributed by atoms with Crippen LogP contribution in [-0.4, -0.2) is 34.1 Å². The van der Waals surface area contributed by atoms with Gasteiger partial charge in [0, 0.05) is 11.1 Å². The van der Waals surface area contributed by atoms with E-state index >= 15 is 0 Å². The van der Waals surface area contributed by atoms with Gasteiger partial charge in [0.15, 0.2) is 9.84 Å². The number of benzene rings is 1. The number of rotatable bonds is 3. The Hall–Kier alpha value is -3.00. The normalized spacial score (nSPS) is 18.1. The van der Waals surface area contributed by atoms with Gasteiger partial charge in [-0.15, -0.1) is 5.10 Å². The average molecular weight is 382 g/mol. The lowest BCUT2D eigenvalue weighted by molar-refractivity contribution is 0.551. The number of allylic oxidation sites excluding steroid dienone is 1. The molecule has 0 fully saturated rings. The summed E-state index contributed by atoms with van der Waals surface area (Å²) in [5.41, 5.74) is 4.53. The van der Waals surface area contributed by atoms with Crippen LogP contribution in [0.5, 0.6) is 0 Å². The first-order valence-electron chi connectivity index (χ1n) is 8.46. The van der Waals surface area contributed by atoms with Crippen LogP contribution in [0.15, 0.2) is 52.8 Å². The minimum Gasteiger partial charge on any atom is -0.321 e. The second-order valence-electron chi connectivity index (χ2n) is 6.72. The third-order valence-corrected chi connectivity index (χ3v) is 6.14. The van der Waals surface area contributed by atoms with E-state index in [1.54, 1.807) is 18.3 Å². The van der Waals surface area contributed by atoms with E-state index in [9.17, 15) is 13.2 Å². The standard InChI is InChI=1S/C19H18N4O3S/c1-12-3-4-14(9-13(12)2)17-6-5-16(19(24)20-17)18-10-23(22-21-18)15-7-8-27(25,26)11-15/h3-10,15H,11H2,1-2H3,(H,20,24)/t15-/m0/s1. The van der Waals surface area contributed by atoms with Gasteiger partial charge in [0.2, 0.25) is 0 Å². The first kappa shape index (κ1) is 17.4. The molecule has 0 saturated heterocycles. The molecule has 3 aromatic rings. The van der Waals surface area contributed by atoms with Crippen molar-refractivity contribution in [3.63, 3.8) is 0 Å². The summed E-state index contributed by atoms with van der Waals surface area (Å²) in [6.45, 7) is 4.07. The molecule has 1 aromatic carbocycles. The average Bonchev–Trinajstić information content (AvgIpc) is 3.23. The Morgan fingerprint density at radius 2 is 1.96 bits per heavy atom. The largest absolute Gasteiger partial charge is 0.321 e. The van der Waals surface area contributed by atoms with Gasteiger partial charge in [-0.05, 0) is 54.8 Å². The number of sulfone groups is 1. The Labute approximate surface area is 156 Å². The highest BCUT2D eigenvalue weighted by molar-refractivity contribution is 7.94. The molecule has 0 aliphatic carbocycles. The van der Waals surface area contributed by atoms with Gasteiger partial charge in [0.05, 0.1) is 23.6 Å². The third kappa shape index (κ3) is 3.35. The molecule has 138 valence electrons. The zero-order chi connectivity index (χ0) is 19.2. The second-order valence-corrected chi connectivity index (χ2v) is 8.65. The summed E-state index contributed by atoms with van der Waals surface area (Å²) in [5.74, 6) is -0.0438. The lowest BCUT2D eigenvalue weighted by Crippen LogP contribution is -2.12. The van der Waals surface area contributed by atoms with E-state index in [4.69, 9.17) is 0 Å². The summed E-state index contributed by atoms with van der Waals surface area (Å²) >= 11 is 0. The van der Waals surface area contributed by atoms with Crippen molar-refractivity contribution < 1.29 is 8.42 Å². The summed E-state index contributed by atoms with van der Waals surface area (Å²) < 4.78 is 24.6. The monoisotopic (exact) mass is 382 g/mol. The fraction of sp³-hybridized carbons (Fsp3) is 0.211. The Morgan fingerprint density at radius 3 is 2.63 bits per heavy atom. The quantitative estimate of drug-likeness (QED) is 0.750. The van der Waals surface area contributed by atoms with Crippen molar-refractivity contribution in [3.05, 3.63) is 69.5 Å². The van der Waals surface area contributed by atoms with Crippen molar-refractivity contribution in [2.24, 2.45) is 0 Å². The van der Waals surface area contributed by atoms with E-state index in [0.717, 1.165) is 16.8 Å². The molecule has 0 amide bonds. The maximum atomic E-state index is 12.6. The first-order valence-corrected chi connectivity index (χ1v) is 10.2. The Morgan fingerprint density at radius 1 is 1.15 bits per heavy atom. The highest BCUT2D eigenvalue weighted by Gasteiger charge is 2.24. The number of nitrogens with one attached hydrogen (secondary N) is 1. The molecule has 7 nitrogen and oxygen atoms in total. The summed E-state index contributed by atoms with van der Waals surface area (Å²) in [6, 6.07) is 9.16. The first-order chi connectivity index (χ1) is 12.8. The summed E-state index contributed by atoms with van der Waals surface area (Å²) in [4.78, 5) is 15.4. The molecule has 0 unspecified atom stereocenters. The van der Waals surface area contributed by atoms with Crippen LogP contribution in [0.3, 0.4) is 0 Å². The van der Waals surface area contributed by atoms with Crippen molar-refractivity contribution in [1.29, 1.82) is 0 Å². The number of pyridine rings is 1. The molecule has 4 rings (SSSR count). The molecule has 0 saturated carbocycles.